The van der Waals surface area contributed by atoms with Gasteiger partial charge in [-0.3, -0.25) is 0 Å². The number of halogens is 1. The molecule has 3 unspecified atom stereocenters. The molecule has 29 heavy (non-hydrogen) atoms. The second kappa shape index (κ2) is 9.30. The van der Waals surface area contributed by atoms with E-state index in [0.717, 1.165) is 25.7 Å². The van der Waals surface area contributed by atoms with Crippen molar-refractivity contribution in [1.82, 2.24) is 4.90 Å². The fourth-order valence-electron chi connectivity index (χ4n) is 5.23. The molecule has 154 valence electrons. The number of aliphatic hydroxyl groups is 1. The van der Waals surface area contributed by atoms with E-state index in [4.69, 9.17) is 0 Å². The topological polar surface area (TPSA) is 23.5 Å². The van der Waals surface area contributed by atoms with Crippen LogP contribution in [0.15, 0.2) is 72.8 Å². The zero-order valence-electron chi connectivity index (χ0n) is 17.4. The zero-order valence-corrected chi connectivity index (χ0v) is 18.2. The van der Waals surface area contributed by atoms with Crippen molar-refractivity contribution in [1.29, 1.82) is 0 Å². The minimum absolute atomic E-state index is 0. The van der Waals surface area contributed by atoms with E-state index in [0.29, 0.717) is 0 Å². The fourth-order valence-corrected chi connectivity index (χ4v) is 5.23. The first-order valence-corrected chi connectivity index (χ1v) is 10.5. The molecule has 0 heterocycles. The Balaban J connectivity index is 0.00000240. The predicted octanol–water partition coefficient (Wildman–Crippen LogP) is 6.03. The van der Waals surface area contributed by atoms with Gasteiger partial charge < -0.3 is 10.0 Å². The molecule has 2 nitrogen and oxygen atoms in total. The van der Waals surface area contributed by atoms with E-state index in [1.807, 2.05) is 6.07 Å². The lowest BCUT2D eigenvalue weighted by Crippen LogP contribution is -2.48. The molecule has 1 fully saturated rings. The highest BCUT2D eigenvalue weighted by atomic mass is 35.5. The van der Waals surface area contributed by atoms with Crippen molar-refractivity contribution < 1.29 is 5.11 Å². The van der Waals surface area contributed by atoms with Crippen LogP contribution in [0.4, 0.5) is 0 Å². The quantitative estimate of drug-likeness (QED) is 0.556. The summed E-state index contributed by atoms with van der Waals surface area (Å²) in [6, 6.07) is 25.9. The first kappa shape index (κ1) is 21.8. The molecule has 0 amide bonds. The summed E-state index contributed by atoms with van der Waals surface area (Å²) >= 11 is 0. The van der Waals surface area contributed by atoms with Crippen LogP contribution >= 0.6 is 12.4 Å². The molecule has 0 bridgehead atoms. The summed E-state index contributed by atoms with van der Waals surface area (Å²) in [5, 5.41) is 14.5. The van der Waals surface area contributed by atoms with Gasteiger partial charge in [0.05, 0.1) is 5.60 Å². The molecular weight excluding hydrogens is 378 g/mol. The SMILES string of the molecule is CN(C)C(c1cccc2ccccc12)C1CCCCC1(O)Cc1ccccc1.Cl. The molecular formula is C26H32ClNO. The van der Waals surface area contributed by atoms with Crippen molar-refractivity contribution in [3.8, 4) is 0 Å². The second-order valence-corrected chi connectivity index (χ2v) is 8.60. The van der Waals surface area contributed by atoms with E-state index < -0.39 is 5.60 Å². The highest BCUT2D eigenvalue weighted by molar-refractivity contribution is 5.86. The van der Waals surface area contributed by atoms with Crippen LogP contribution in [0.2, 0.25) is 0 Å². The highest BCUT2D eigenvalue weighted by Crippen LogP contribution is 2.46. The molecule has 0 aliphatic heterocycles. The molecule has 0 saturated heterocycles. The Hall–Kier alpha value is -1.87. The molecule has 0 radical (unpaired) electrons. The maximum absolute atomic E-state index is 11.9. The Kier molecular flexibility index (Phi) is 7.00. The van der Waals surface area contributed by atoms with Gasteiger partial charge in [0.2, 0.25) is 0 Å². The molecule has 3 heteroatoms. The molecule has 1 aliphatic carbocycles. The lowest BCUT2D eigenvalue weighted by molar-refractivity contribution is -0.0768. The van der Waals surface area contributed by atoms with Gasteiger partial charge in [-0.25, -0.2) is 0 Å². The Morgan fingerprint density at radius 2 is 1.62 bits per heavy atom. The summed E-state index contributed by atoms with van der Waals surface area (Å²) in [6.45, 7) is 0. The van der Waals surface area contributed by atoms with Crippen molar-refractivity contribution in [3.63, 3.8) is 0 Å². The number of benzene rings is 3. The van der Waals surface area contributed by atoms with Crippen molar-refractivity contribution in [2.45, 2.75) is 43.7 Å². The lowest BCUT2D eigenvalue weighted by Gasteiger charge is -2.46. The molecule has 3 atom stereocenters. The first-order valence-electron chi connectivity index (χ1n) is 10.5. The van der Waals surface area contributed by atoms with Crippen LogP contribution in [0.1, 0.15) is 42.9 Å². The lowest BCUT2D eigenvalue weighted by atomic mass is 9.67. The normalized spacial score (nSPS) is 23.0. The minimum atomic E-state index is -0.675. The zero-order chi connectivity index (χ0) is 19.6. The van der Waals surface area contributed by atoms with Gasteiger partial charge in [0.25, 0.3) is 0 Å². The van der Waals surface area contributed by atoms with Crippen molar-refractivity contribution >= 4 is 23.2 Å². The molecule has 1 aliphatic rings. The van der Waals surface area contributed by atoms with E-state index in [1.54, 1.807) is 0 Å². The summed E-state index contributed by atoms with van der Waals surface area (Å²) in [7, 11) is 4.31. The van der Waals surface area contributed by atoms with Crippen molar-refractivity contribution in [2.75, 3.05) is 14.1 Å². The average molecular weight is 410 g/mol. The molecule has 0 spiro atoms. The first-order chi connectivity index (χ1) is 13.6. The third kappa shape index (κ3) is 4.50. The Morgan fingerprint density at radius 1 is 0.931 bits per heavy atom. The maximum Gasteiger partial charge on any atom is 0.0734 e. The van der Waals surface area contributed by atoms with Crippen molar-refractivity contribution in [2.24, 2.45) is 5.92 Å². The van der Waals surface area contributed by atoms with E-state index in [9.17, 15) is 5.11 Å². The number of nitrogens with zero attached hydrogens (tertiary/aromatic N) is 1. The standard InChI is InChI=1S/C26H31NO.ClH/c1-27(2)25(23-16-10-14-21-13-6-7-15-22(21)23)24-17-8-9-18-26(24,28)19-20-11-4-3-5-12-20;/h3-7,10-16,24-25,28H,8-9,17-19H2,1-2H3;1H. The Bertz CT molecular complexity index is 921. The van der Waals surface area contributed by atoms with Crippen LogP contribution in [-0.2, 0) is 6.42 Å². The van der Waals surface area contributed by atoms with Crippen LogP contribution < -0.4 is 0 Å². The van der Waals surface area contributed by atoms with Crippen molar-refractivity contribution in [3.05, 3.63) is 83.9 Å². The van der Waals surface area contributed by atoms with Crippen LogP contribution in [0.5, 0.6) is 0 Å². The van der Waals surface area contributed by atoms with Gasteiger partial charge in [-0.15, -0.1) is 12.4 Å². The highest BCUT2D eigenvalue weighted by Gasteiger charge is 2.44. The van der Waals surface area contributed by atoms with Gasteiger partial charge in [-0.2, -0.15) is 0 Å². The van der Waals surface area contributed by atoms with Gasteiger partial charge in [0.15, 0.2) is 0 Å². The third-order valence-electron chi connectivity index (χ3n) is 6.50. The number of hydrogen-bond acceptors (Lipinski definition) is 2. The molecule has 4 rings (SSSR count). The van der Waals surface area contributed by atoms with Gasteiger partial charge >= 0.3 is 0 Å². The van der Waals surface area contributed by atoms with Crippen LogP contribution in [-0.4, -0.2) is 29.7 Å². The number of fused-ring (bicyclic) bond motifs is 1. The van der Waals surface area contributed by atoms with E-state index in [-0.39, 0.29) is 24.4 Å². The molecule has 3 aromatic carbocycles. The molecule has 3 aromatic rings. The van der Waals surface area contributed by atoms with Gasteiger partial charge in [0, 0.05) is 18.4 Å². The summed E-state index contributed by atoms with van der Waals surface area (Å²) in [5.74, 6) is 0.210. The molecule has 1 N–H and O–H groups in total. The summed E-state index contributed by atoms with van der Waals surface area (Å²) in [4.78, 5) is 2.31. The second-order valence-electron chi connectivity index (χ2n) is 8.60. The predicted molar refractivity (Wildman–Crippen MR) is 125 cm³/mol. The largest absolute Gasteiger partial charge is 0.389 e. The van der Waals surface area contributed by atoms with E-state index in [1.165, 1.54) is 28.3 Å². The van der Waals surface area contributed by atoms with Gasteiger partial charge in [-0.1, -0.05) is 85.6 Å². The van der Waals surface area contributed by atoms with Crippen LogP contribution in [0.3, 0.4) is 0 Å². The monoisotopic (exact) mass is 409 g/mol. The minimum Gasteiger partial charge on any atom is -0.389 e. The molecule has 0 aromatic heterocycles. The summed E-state index contributed by atoms with van der Waals surface area (Å²) in [5.41, 5.74) is 1.89. The third-order valence-corrected chi connectivity index (χ3v) is 6.50. The van der Waals surface area contributed by atoms with E-state index in [2.05, 4.69) is 85.7 Å². The average Bonchev–Trinajstić information content (AvgIpc) is 2.70. The number of rotatable bonds is 5. The summed E-state index contributed by atoms with van der Waals surface area (Å²) in [6.07, 6.45) is 4.97. The Labute approximate surface area is 181 Å². The number of hydrogen-bond donors (Lipinski definition) is 1. The smallest absolute Gasteiger partial charge is 0.0734 e. The van der Waals surface area contributed by atoms with Crippen LogP contribution in [0, 0.1) is 5.92 Å². The fraction of sp³-hybridized carbons (Fsp3) is 0.385. The van der Waals surface area contributed by atoms with E-state index >= 15 is 0 Å². The summed E-state index contributed by atoms with van der Waals surface area (Å²) < 4.78 is 0. The Morgan fingerprint density at radius 3 is 2.38 bits per heavy atom. The van der Waals surface area contributed by atoms with Crippen LogP contribution in [0.25, 0.3) is 10.8 Å². The van der Waals surface area contributed by atoms with Gasteiger partial charge in [-0.05, 0) is 48.8 Å². The van der Waals surface area contributed by atoms with Gasteiger partial charge in [0.1, 0.15) is 0 Å². The molecule has 1 saturated carbocycles. The maximum atomic E-state index is 11.9.